The largest absolute Gasteiger partial charge is 0.313 e. The normalized spacial score (nSPS) is 19.7. The third-order valence-electron chi connectivity index (χ3n) is 3.71. The number of rotatable bonds is 6. The molecule has 0 heterocycles. The highest BCUT2D eigenvalue weighted by Crippen LogP contribution is 2.23. The molecule has 1 saturated carbocycles. The van der Waals surface area contributed by atoms with Gasteiger partial charge in [-0.1, -0.05) is 39.5 Å². The molecule has 2 heteroatoms. The summed E-state index contributed by atoms with van der Waals surface area (Å²) >= 11 is 5.76. The average Bonchev–Trinajstić information content (AvgIpc) is 2.52. The van der Waals surface area contributed by atoms with Crippen LogP contribution in [0.4, 0.5) is 0 Å². The molecule has 1 nitrogen and oxygen atoms in total. The van der Waals surface area contributed by atoms with Crippen molar-refractivity contribution in [2.75, 3.05) is 12.4 Å². The van der Waals surface area contributed by atoms with Crippen LogP contribution in [0.1, 0.15) is 65.2 Å². The fraction of sp³-hybridized carbons (Fsp3) is 1.00. The molecule has 0 amide bonds. The lowest BCUT2D eigenvalue weighted by Gasteiger charge is -2.28. The van der Waals surface area contributed by atoms with Crippen LogP contribution in [0, 0.1) is 5.41 Å². The Bertz CT molecular complexity index is 172. The van der Waals surface area contributed by atoms with Gasteiger partial charge in [-0.3, -0.25) is 0 Å². The fourth-order valence-electron chi connectivity index (χ4n) is 2.54. The molecule has 0 aliphatic heterocycles. The topological polar surface area (TPSA) is 12.0 Å². The van der Waals surface area contributed by atoms with Crippen LogP contribution in [0.5, 0.6) is 0 Å². The van der Waals surface area contributed by atoms with Gasteiger partial charge in [0.1, 0.15) is 0 Å². The summed E-state index contributed by atoms with van der Waals surface area (Å²) in [6, 6.07) is 0.776. The quantitative estimate of drug-likeness (QED) is 0.542. The maximum atomic E-state index is 5.76. The maximum Gasteiger partial charge on any atom is 0.0223 e. The first-order valence-electron chi connectivity index (χ1n) is 6.93. The van der Waals surface area contributed by atoms with E-state index >= 15 is 0 Å². The molecule has 0 aromatic rings. The highest BCUT2D eigenvalue weighted by atomic mass is 35.5. The zero-order chi connectivity index (χ0) is 11.9. The number of nitrogens with one attached hydrogen (secondary N) is 1. The molecule has 0 spiro atoms. The monoisotopic (exact) mass is 245 g/mol. The Morgan fingerprint density at radius 1 is 1.12 bits per heavy atom. The summed E-state index contributed by atoms with van der Waals surface area (Å²) < 4.78 is 0. The van der Waals surface area contributed by atoms with Gasteiger partial charge in [0.2, 0.25) is 0 Å². The van der Waals surface area contributed by atoms with E-state index in [0.717, 1.165) is 24.9 Å². The fourth-order valence-corrected chi connectivity index (χ4v) is 2.67. The molecule has 0 radical (unpaired) electrons. The first kappa shape index (κ1) is 14.3. The van der Waals surface area contributed by atoms with Crippen molar-refractivity contribution < 1.29 is 0 Å². The van der Waals surface area contributed by atoms with E-state index in [4.69, 9.17) is 11.6 Å². The van der Waals surface area contributed by atoms with Gasteiger partial charge >= 0.3 is 0 Å². The minimum Gasteiger partial charge on any atom is -0.313 e. The highest BCUT2D eigenvalue weighted by molar-refractivity contribution is 6.17. The molecule has 0 saturated heterocycles. The standard InChI is InChI=1S/C14H28ClN/c1-14(2,10-7-11-15)12-16-13-8-5-3-4-6-9-13/h13,16H,3-12H2,1-2H3. The second-order valence-electron chi connectivity index (χ2n) is 6.03. The molecule has 1 fully saturated rings. The molecule has 1 aliphatic carbocycles. The zero-order valence-electron chi connectivity index (χ0n) is 11.0. The predicted octanol–water partition coefficient (Wildman–Crippen LogP) is 4.34. The van der Waals surface area contributed by atoms with Crippen LogP contribution in [-0.2, 0) is 0 Å². The summed E-state index contributed by atoms with van der Waals surface area (Å²) in [4.78, 5) is 0. The SMILES string of the molecule is CC(C)(CCCCl)CNC1CCCCCC1. The van der Waals surface area contributed by atoms with Crippen molar-refractivity contribution in [1.29, 1.82) is 0 Å². The van der Waals surface area contributed by atoms with E-state index < -0.39 is 0 Å². The van der Waals surface area contributed by atoms with Crippen molar-refractivity contribution in [3.63, 3.8) is 0 Å². The first-order chi connectivity index (χ1) is 7.64. The van der Waals surface area contributed by atoms with Crippen molar-refractivity contribution in [3.8, 4) is 0 Å². The van der Waals surface area contributed by atoms with Crippen LogP contribution in [0.3, 0.4) is 0 Å². The van der Waals surface area contributed by atoms with E-state index in [-0.39, 0.29) is 0 Å². The van der Waals surface area contributed by atoms with Gasteiger partial charge in [-0.05, 0) is 31.1 Å². The molecule has 0 aromatic carbocycles. The molecule has 16 heavy (non-hydrogen) atoms. The van der Waals surface area contributed by atoms with E-state index in [0.29, 0.717) is 5.41 Å². The molecule has 1 aliphatic rings. The second kappa shape index (κ2) is 7.55. The van der Waals surface area contributed by atoms with E-state index in [1.54, 1.807) is 0 Å². The van der Waals surface area contributed by atoms with Gasteiger partial charge in [0.05, 0.1) is 0 Å². The van der Waals surface area contributed by atoms with Gasteiger partial charge in [0, 0.05) is 18.5 Å². The maximum absolute atomic E-state index is 5.76. The molecule has 0 bridgehead atoms. The summed E-state index contributed by atoms with van der Waals surface area (Å²) in [6.07, 6.45) is 10.8. The summed E-state index contributed by atoms with van der Waals surface area (Å²) in [5.74, 6) is 0.798. The van der Waals surface area contributed by atoms with Crippen LogP contribution in [-0.4, -0.2) is 18.5 Å². The van der Waals surface area contributed by atoms with Crippen LogP contribution < -0.4 is 5.32 Å². The number of halogens is 1. The van der Waals surface area contributed by atoms with Crippen LogP contribution in [0.15, 0.2) is 0 Å². The Kier molecular flexibility index (Phi) is 6.75. The van der Waals surface area contributed by atoms with E-state index in [1.807, 2.05) is 0 Å². The lowest BCUT2D eigenvalue weighted by molar-refractivity contribution is 0.286. The minimum atomic E-state index is 0.404. The van der Waals surface area contributed by atoms with E-state index in [1.165, 1.54) is 44.9 Å². The predicted molar refractivity (Wildman–Crippen MR) is 73.2 cm³/mol. The molecule has 1 N–H and O–H groups in total. The molecule has 96 valence electrons. The highest BCUT2D eigenvalue weighted by Gasteiger charge is 2.19. The number of hydrogen-bond donors (Lipinski definition) is 1. The molecule has 0 atom stereocenters. The van der Waals surface area contributed by atoms with Crippen LogP contribution >= 0.6 is 11.6 Å². The molecule has 0 aromatic heterocycles. The molecule has 1 rings (SSSR count). The molecular weight excluding hydrogens is 218 g/mol. The van der Waals surface area contributed by atoms with Crippen molar-refractivity contribution >= 4 is 11.6 Å². The van der Waals surface area contributed by atoms with Crippen molar-refractivity contribution in [2.24, 2.45) is 5.41 Å². The second-order valence-corrected chi connectivity index (χ2v) is 6.40. The van der Waals surface area contributed by atoms with Gasteiger partial charge < -0.3 is 5.32 Å². The number of hydrogen-bond acceptors (Lipinski definition) is 1. The van der Waals surface area contributed by atoms with Crippen LogP contribution in [0.2, 0.25) is 0 Å². The van der Waals surface area contributed by atoms with E-state index in [9.17, 15) is 0 Å². The third-order valence-corrected chi connectivity index (χ3v) is 3.98. The lowest BCUT2D eigenvalue weighted by atomic mass is 9.87. The lowest BCUT2D eigenvalue weighted by Crippen LogP contribution is -2.36. The van der Waals surface area contributed by atoms with Crippen molar-refractivity contribution in [2.45, 2.75) is 71.3 Å². The van der Waals surface area contributed by atoms with Gasteiger partial charge in [0.25, 0.3) is 0 Å². The zero-order valence-corrected chi connectivity index (χ0v) is 11.8. The van der Waals surface area contributed by atoms with E-state index in [2.05, 4.69) is 19.2 Å². The third kappa shape index (κ3) is 6.10. The Labute approximate surface area is 106 Å². The summed E-state index contributed by atoms with van der Waals surface area (Å²) in [7, 11) is 0. The van der Waals surface area contributed by atoms with Gasteiger partial charge in [-0.15, -0.1) is 11.6 Å². The van der Waals surface area contributed by atoms with Gasteiger partial charge in [-0.25, -0.2) is 0 Å². The van der Waals surface area contributed by atoms with Crippen LogP contribution in [0.25, 0.3) is 0 Å². The molecular formula is C14H28ClN. The summed E-state index contributed by atoms with van der Waals surface area (Å²) in [5, 5.41) is 3.77. The van der Waals surface area contributed by atoms with Gasteiger partial charge in [0.15, 0.2) is 0 Å². The van der Waals surface area contributed by atoms with Crippen molar-refractivity contribution in [1.82, 2.24) is 5.32 Å². The minimum absolute atomic E-state index is 0.404. The summed E-state index contributed by atoms with van der Waals surface area (Å²) in [5.41, 5.74) is 0.404. The Hall–Kier alpha value is 0.250. The Morgan fingerprint density at radius 2 is 1.75 bits per heavy atom. The van der Waals surface area contributed by atoms with Gasteiger partial charge in [-0.2, -0.15) is 0 Å². The van der Waals surface area contributed by atoms with Crippen molar-refractivity contribution in [3.05, 3.63) is 0 Å². The average molecular weight is 246 g/mol. The molecule has 0 unspecified atom stereocenters. The Balaban J connectivity index is 2.20. The Morgan fingerprint density at radius 3 is 2.31 bits per heavy atom. The summed E-state index contributed by atoms with van der Waals surface area (Å²) in [6.45, 7) is 5.85. The first-order valence-corrected chi connectivity index (χ1v) is 7.47. The smallest absolute Gasteiger partial charge is 0.0223 e. The number of alkyl halides is 1.